The Labute approximate surface area is 113 Å². The molecule has 2 aromatic carbocycles. The molecule has 0 unspecified atom stereocenters. The van der Waals surface area contributed by atoms with Crippen LogP contribution < -0.4 is 10.1 Å². The normalized spacial score (nSPS) is 10.4. The number of hydrogen-bond donors (Lipinski definition) is 2. The largest absolute Gasteiger partial charge is 0.418 e. The van der Waals surface area contributed by atoms with Gasteiger partial charge in [0.1, 0.15) is 11.6 Å². The Morgan fingerprint density at radius 1 is 1.20 bits per heavy atom. The van der Waals surface area contributed by atoms with Gasteiger partial charge in [-0.3, -0.25) is 10.4 Å². The summed E-state index contributed by atoms with van der Waals surface area (Å²) in [5.41, 5.74) is 0.626. The zero-order valence-corrected chi connectivity index (χ0v) is 10.3. The van der Waals surface area contributed by atoms with Crippen molar-refractivity contribution < 1.29 is 13.9 Å². The smallest absolute Gasteiger partial charge is 0.410 e. The van der Waals surface area contributed by atoms with Gasteiger partial charge in [0, 0.05) is 5.39 Å². The van der Waals surface area contributed by atoms with Gasteiger partial charge in [-0.1, -0.05) is 18.2 Å². The molecule has 0 bridgehead atoms. The topological polar surface area (TPSA) is 67.0 Å². The molecule has 0 aliphatic rings. The Morgan fingerprint density at radius 3 is 2.80 bits per heavy atom. The summed E-state index contributed by atoms with van der Waals surface area (Å²) in [4.78, 5) is 11.7. The van der Waals surface area contributed by atoms with Gasteiger partial charge in [-0.25, -0.2) is 9.18 Å². The van der Waals surface area contributed by atoms with Crippen molar-refractivity contribution in [3.63, 3.8) is 0 Å². The molecular weight excluding hydrogens is 261 g/mol. The average Bonchev–Trinajstić information content (AvgIpc) is 2.82. The molecule has 1 aromatic heterocycles. The average molecular weight is 271 g/mol. The molecule has 0 spiro atoms. The molecule has 2 N–H and O–H groups in total. The van der Waals surface area contributed by atoms with E-state index >= 15 is 0 Å². The SMILES string of the molecule is O=C(Nc1n[nH]c2ccc(F)cc12)Oc1ccccc1. The van der Waals surface area contributed by atoms with Crippen molar-refractivity contribution in [2.45, 2.75) is 0 Å². The molecule has 0 aliphatic carbocycles. The first-order valence-corrected chi connectivity index (χ1v) is 5.90. The van der Waals surface area contributed by atoms with Crippen LogP contribution in [0.15, 0.2) is 48.5 Å². The van der Waals surface area contributed by atoms with Crippen LogP contribution in [0.25, 0.3) is 10.9 Å². The van der Waals surface area contributed by atoms with E-state index in [2.05, 4.69) is 15.5 Å². The number of anilines is 1. The molecule has 5 nitrogen and oxygen atoms in total. The number of amides is 1. The zero-order chi connectivity index (χ0) is 13.9. The van der Waals surface area contributed by atoms with E-state index in [4.69, 9.17) is 4.74 Å². The van der Waals surface area contributed by atoms with Crippen LogP contribution in [0.2, 0.25) is 0 Å². The monoisotopic (exact) mass is 271 g/mol. The number of rotatable bonds is 2. The lowest BCUT2D eigenvalue weighted by atomic mass is 10.2. The first-order valence-electron chi connectivity index (χ1n) is 5.90. The standard InChI is InChI=1S/C14H10FN3O2/c15-9-6-7-12-11(8-9)13(18-17-12)16-14(19)20-10-4-2-1-3-5-10/h1-8H,(H2,16,17,18,19). The highest BCUT2D eigenvalue weighted by Crippen LogP contribution is 2.21. The van der Waals surface area contributed by atoms with Crippen molar-refractivity contribution in [3.8, 4) is 5.75 Å². The predicted octanol–water partition coefficient (Wildman–Crippen LogP) is 3.31. The summed E-state index contributed by atoms with van der Waals surface area (Å²) < 4.78 is 18.3. The minimum absolute atomic E-state index is 0.223. The number of hydrogen-bond acceptors (Lipinski definition) is 3. The summed E-state index contributed by atoms with van der Waals surface area (Å²) >= 11 is 0. The maximum absolute atomic E-state index is 13.2. The first kappa shape index (κ1) is 12.2. The molecule has 0 saturated heterocycles. The third kappa shape index (κ3) is 2.44. The molecular formula is C14H10FN3O2. The van der Waals surface area contributed by atoms with Crippen molar-refractivity contribution >= 4 is 22.8 Å². The number of nitrogens with one attached hydrogen (secondary N) is 2. The van der Waals surface area contributed by atoms with E-state index in [1.165, 1.54) is 12.1 Å². The Balaban J connectivity index is 1.79. The summed E-state index contributed by atoms with van der Waals surface area (Å²) in [6.07, 6.45) is -0.686. The number of aromatic amines is 1. The summed E-state index contributed by atoms with van der Waals surface area (Å²) in [5.74, 6) is 0.231. The second-order valence-electron chi connectivity index (χ2n) is 4.09. The highest BCUT2D eigenvalue weighted by molar-refractivity contribution is 5.97. The molecule has 100 valence electrons. The molecule has 20 heavy (non-hydrogen) atoms. The number of halogens is 1. The second kappa shape index (κ2) is 5.00. The van der Waals surface area contributed by atoms with E-state index in [0.29, 0.717) is 16.7 Å². The lowest BCUT2D eigenvalue weighted by Crippen LogP contribution is -2.17. The first-order chi connectivity index (χ1) is 9.72. The molecule has 3 rings (SSSR count). The fraction of sp³-hybridized carbons (Fsp3) is 0. The highest BCUT2D eigenvalue weighted by Gasteiger charge is 2.11. The van der Waals surface area contributed by atoms with E-state index in [1.54, 1.807) is 30.3 Å². The highest BCUT2D eigenvalue weighted by atomic mass is 19.1. The Hall–Kier alpha value is -2.89. The van der Waals surface area contributed by atoms with Crippen LogP contribution in [-0.4, -0.2) is 16.3 Å². The van der Waals surface area contributed by atoms with Crippen molar-refractivity contribution in [2.75, 3.05) is 5.32 Å². The van der Waals surface area contributed by atoms with Gasteiger partial charge in [0.25, 0.3) is 0 Å². The quantitative estimate of drug-likeness (QED) is 0.751. The van der Waals surface area contributed by atoms with Crippen LogP contribution in [0.1, 0.15) is 0 Å². The molecule has 1 heterocycles. The number of para-hydroxylation sites is 1. The Kier molecular flexibility index (Phi) is 3.04. The number of fused-ring (bicyclic) bond motifs is 1. The van der Waals surface area contributed by atoms with E-state index in [0.717, 1.165) is 0 Å². The Bertz CT molecular complexity index is 755. The van der Waals surface area contributed by atoms with Gasteiger partial charge in [-0.05, 0) is 30.3 Å². The van der Waals surface area contributed by atoms with Gasteiger partial charge < -0.3 is 4.74 Å². The third-order valence-electron chi connectivity index (χ3n) is 2.70. The maximum atomic E-state index is 13.2. The lowest BCUT2D eigenvalue weighted by molar-refractivity contribution is 0.215. The van der Waals surface area contributed by atoms with Gasteiger partial charge in [0.15, 0.2) is 5.82 Å². The van der Waals surface area contributed by atoms with Crippen LogP contribution in [0, 0.1) is 5.82 Å². The van der Waals surface area contributed by atoms with Gasteiger partial charge in [0.2, 0.25) is 0 Å². The lowest BCUT2D eigenvalue weighted by Gasteiger charge is -2.04. The van der Waals surface area contributed by atoms with Crippen LogP contribution in [0.5, 0.6) is 5.75 Å². The predicted molar refractivity (Wildman–Crippen MR) is 72.1 cm³/mol. The third-order valence-corrected chi connectivity index (χ3v) is 2.70. The molecule has 0 radical (unpaired) electrons. The van der Waals surface area contributed by atoms with E-state index in [9.17, 15) is 9.18 Å². The summed E-state index contributed by atoms with van der Waals surface area (Å²) in [6.45, 7) is 0. The second-order valence-corrected chi connectivity index (χ2v) is 4.09. The van der Waals surface area contributed by atoms with Crippen LogP contribution in [0.4, 0.5) is 15.0 Å². The molecule has 1 amide bonds. The number of H-pyrrole nitrogens is 1. The minimum atomic E-state index is -0.686. The van der Waals surface area contributed by atoms with E-state index < -0.39 is 11.9 Å². The number of carbonyl (C=O) groups is 1. The van der Waals surface area contributed by atoms with Crippen molar-refractivity contribution in [1.82, 2.24) is 10.2 Å². The van der Waals surface area contributed by atoms with Crippen molar-refractivity contribution in [3.05, 3.63) is 54.3 Å². The van der Waals surface area contributed by atoms with Gasteiger partial charge in [-0.15, -0.1) is 0 Å². The zero-order valence-electron chi connectivity index (χ0n) is 10.3. The van der Waals surface area contributed by atoms with Crippen LogP contribution >= 0.6 is 0 Å². The van der Waals surface area contributed by atoms with Crippen molar-refractivity contribution in [2.24, 2.45) is 0 Å². The van der Waals surface area contributed by atoms with Gasteiger partial charge >= 0.3 is 6.09 Å². The number of ether oxygens (including phenoxy) is 1. The summed E-state index contributed by atoms with van der Waals surface area (Å²) in [7, 11) is 0. The number of benzene rings is 2. The molecule has 0 saturated carbocycles. The molecule has 0 fully saturated rings. The van der Waals surface area contributed by atoms with Crippen LogP contribution in [-0.2, 0) is 0 Å². The fourth-order valence-electron chi connectivity index (χ4n) is 1.80. The van der Waals surface area contributed by atoms with E-state index in [1.807, 2.05) is 6.07 Å². The number of aromatic nitrogens is 2. The molecule has 0 aliphatic heterocycles. The number of nitrogens with zero attached hydrogens (tertiary/aromatic N) is 1. The van der Waals surface area contributed by atoms with Crippen molar-refractivity contribution in [1.29, 1.82) is 0 Å². The van der Waals surface area contributed by atoms with Crippen LogP contribution in [0.3, 0.4) is 0 Å². The fourth-order valence-corrected chi connectivity index (χ4v) is 1.80. The minimum Gasteiger partial charge on any atom is -0.410 e. The van der Waals surface area contributed by atoms with Gasteiger partial charge in [-0.2, -0.15) is 5.10 Å². The molecule has 6 heteroatoms. The van der Waals surface area contributed by atoms with E-state index in [-0.39, 0.29) is 5.82 Å². The number of carbonyl (C=O) groups excluding carboxylic acids is 1. The Morgan fingerprint density at radius 2 is 2.00 bits per heavy atom. The molecule has 0 atom stereocenters. The molecule has 3 aromatic rings. The van der Waals surface area contributed by atoms with Gasteiger partial charge in [0.05, 0.1) is 5.52 Å². The summed E-state index contributed by atoms with van der Waals surface area (Å²) in [6, 6.07) is 12.8. The maximum Gasteiger partial charge on any atom is 0.418 e. The summed E-state index contributed by atoms with van der Waals surface area (Å²) in [5, 5.41) is 9.56.